The van der Waals surface area contributed by atoms with Gasteiger partial charge in [-0.3, -0.25) is 9.58 Å². The highest BCUT2D eigenvalue weighted by Crippen LogP contribution is 2.27. The van der Waals surface area contributed by atoms with Crippen molar-refractivity contribution in [3.8, 4) is 0 Å². The quantitative estimate of drug-likeness (QED) is 0.889. The van der Waals surface area contributed by atoms with E-state index in [4.69, 9.17) is 0 Å². The molecule has 2 heterocycles. The predicted molar refractivity (Wildman–Crippen MR) is 74.8 cm³/mol. The van der Waals surface area contributed by atoms with Gasteiger partial charge in [0.1, 0.15) is 0 Å². The van der Waals surface area contributed by atoms with E-state index >= 15 is 0 Å². The number of piperazine rings is 1. The number of hydrogen-bond donors (Lipinski definition) is 1. The van der Waals surface area contributed by atoms with Gasteiger partial charge in [-0.15, -0.1) is 0 Å². The summed E-state index contributed by atoms with van der Waals surface area (Å²) < 4.78 is 2.12. The highest BCUT2D eigenvalue weighted by atomic mass is 15.3. The Morgan fingerprint density at radius 2 is 2.17 bits per heavy atom. The van der Waals surface area contributed by atoms with Crippen LogP contribution in [-0.4, -0.2) is 40.4 Å². The normalized spacial score (nSPS) is 23.3. The van der Waals surface area contributed by atoms with Gasteiger partial charge in [0, 0.05) is 49.5 Å². The fraction of sp³-hybridized carbons (Fsp3) is 0.786. The first-order chi connectivity index (χ1) is 8.54. The van der Waals surface area contributed by atoms with E-state index in [2.05, 4.69) is 54.6 Å². The molecule has 102 valence electrons. The maximum atomic E-state index is 4.64. The van der Waals surface area contributed by atoms with E-state index in [9.17, 15) is 0 Å². The van der Waals surface area contributed by atoms with Crippen molar-refractivity contribution in [3.05, 3.63) is 17.0 Å². The van der Waals surface area contributed by atoms with Crippen LogP contribution in [0.2, 0.25) is 0 Å². The SMILES string of the molecule is CCn1nc(C)c(C(C)N2CCNC(C)C2)c1C. The van der Waals surface area contributed by atoms with Crippen molar-refractivity contribution in [2.45, 2.75) is 53.2 Å². The molecule has 2 unspecified atom stereocenters. The molecule has 2 rings (SSSR count). The molecular weight excluding hydrogens is 224 g/mol. The van der Waals surface area contributed by atoms with Gasteiger partial charge in [0.25, 0.3) is 0 Å². The zero-order valence-corrected chi connectivity index (χ0v) is 12.3. The molecule has 1 aromatic rings. The van der Waals surface area contributed by atoms with Gasteiger partial charge < -0.3 is 5.32 Å². The Hall–Kier alpha value is -0.870. The molecule has 0 radical (unpaired) electrons. The fourth-order valence-electron chi connectivity index (χ4n) is 3.12. The first-order valence-corrected chi connectivity index (χ1v) is 7.06. The highest BCUT2D eigenvalue weighted by Gasteiger charge is 2.25. The molecule has 0 amide bonds. The summed E-state index contributed by atoms with van der Waals surface area (Å²) in [5.74, 6) is 0. The Morgan fingerprint density at radius 3 is 2.72 bits per heavy atom. The zero-order valence-electron chi connectivity index (χ0n) is 12.3. The molecule has 4 nitrogen and oxygen atoms in total. The van der Waals surface area contributed by atoms with E-state index in [0.29, 0.717) is 12.1 Å². The predicted octanol–water partition coefficient (Wildman–Crippen LogP) is 1.87. The van der Waals surface area contributed by atoms with E-state index in [1.807, 2.05) is 0 Å². The van der Waals surface area contributed by atoms with E-state index < -0.39 is 0 Å². The molecule has 0 spiro atoms. The first kappa shape index (κ1) is 13.6. The smallest absolute Gasteiger partial charge is 0.0644 e. The van der Waals surface area contributed by atoms with E-state index in [1.165, 1.54) is 17.0 Å². The van der Waals surface area contributed by atoms with Crippen LogP contribution < -0.4 is 5.32 Å². The van der Waals surface area contributed by atoms with Crippen molar-refractivity contribution in [2.24, 2.45) is 0 Å². The van der Waals surface area contributed by atoms with Gasteiger partial charge in [-0.2, -0.15) is 5.10 Å². The number of hydrogen-bond acceptors (Lipinski definition) is 3. The molecule has 18 heavy (non-hydrogen) atoms. The van der Waals surface area contributed by atoms with Crippen molar-refractivity contribution in [1.29, 1.82) is 0 Å². The monoisotopic (exact) mass is 250 g/mol. The van der Waals surface area contributed by atoms with E-state index in [0.717, 1.165) is 26.2 Å². The second kappa shape index (κ2) is 5.41. The minimum absolute atomic E-state index is 0.467. The van der Waals surface area contributed by atoms with Crippen LogP contribution in [0.1, 0.15) is 43.8 Å². The Labute approximate surface area is 110 Å². The standard InChI is InChI=1S/C14H26N4/c1-6-18-13(5)14(11(3)16-18)12(4)17-8-7-15-10(2)9-17/h10,12,15H,6-9H2,1-5H3. The molecule has 0 saturated carbocycles. The van der Waals surface area contributed by atoms with Crippen molar-refractivity contribution < 1.29 is 0 Å². The third kappa shape index (κ3) is 2.45. The number of aromatic nitrogens is 2. The second-order valence-corrected chi connectivity index (χ2v) is 5.43. The third-order valence-corrected chi connectivity index (χ3v) is 4.10. The van der Waals surface area contributed by atoms with Crippen molar-refractivity contribution in [2.75, 3.05) is 19.6 Å². The molecule has 1 aliphatic rings. The van der Waals surface area contributed by atoms with E-state index in [-0.39, 0.29) is 0 Å². The number of rotatable bonds is 3. The van der Waals surface area contributed by atoms with Crippen molar-refractivity contribution in [3.63, 3.8) is 0 Å². The van der Waals surface area contributed by atoms with Crippen LogP contribution in [0.5, 0.6) is 0 Å². The summed E-state index contributed by atoms with van der Waals surface area (Å²) in [7, 11) is 0. The summed E-state index contributed by atoms with van der Waals surface area (Å²) >= 11 is 0. The van der Waals surface area contributed by atoms with Crippen LogP contribution in [0.3, 0.4) is 0 Å². The lowest BCUT2D eigenvalue weighted by Gasteiger charge is -2.36. The Morgan fingerprint density at radius 1 is 1.44 bits per heavy atom. The molecule has 0 aliphatic carbocycles. The van der Waals surface area contributed by atoms with Gasteiger partial charge >= 0.3 is 0 Å². The average molecular weight is 250 g/mol. The number of aryl methyl sites for hydroxylation is 2. The fourth-order valence-corrected chi connectivity index (χ4v) is 3.12. The highest BCUT2D eigenvalue weighted by molar-refractivity contribution is 5.28. The minimum atomic E-state index is 0.467. The zero-order chi connectivity index (χ0) is 13.3. The lowest BCUT2D eigenvalue weighted by molar-refractivity contribution is 0.158. The van der Waals surface area contributed by atoms with Gasteiger partial charge in [-0.25, -0.2) is 0 Å². The Bertz CT molecular complexity index is 410. The lowest BCUT2D eigenvalue weighted by Crippen LogP contribution is -2.49. The Balaban J connectivity index is 2.22. The van der Waals surface area contributed by atoms with Gasteiger partial charge in [-0.05, 0) is 34.6 Å². The van der Waals surface area contributed by atoms with E-state index in [1.54, 1.807) is 0 Å². The molecule has 0 aromatic carbocycles. The van der Waals surface area contributed by atoms with Crippen LogP contribution in [0.15, 0.2) is 0 Å². The first-order valence-electron chi connectivity index (χ1n) is 7.06. The average Bonchev–Trinajstić information content (AvgIpc) is 2.63. The van der Waals surface area contributed by atoms with Crippen molar-refractivity contribution in [1.82, 2.24) is 20.0 Å². The van der Waals surface area contributed by atoms with Crippen molar-refractivity contribution >= 4 is 0 Å². The molecule has 0 bridgehead atoms. The van der Waals surface area contributed by atoms with Gasteiger partial charge in [-0.1, -0.05) is 0 Å². The van der Waals surface area contributed by atoms with Gasteiger partial charge in [0.05, 0.1) is 5.69 Å². The van der Waals surface area contributed by atoms with Crippen LogP contribution in [0.25, 0.3) is 0 Å². The molecule has 1 aliphatic heterocycles. The maximum absolute atomic E-state index is 4.64. The summed E-state index contributed by atoms with van der Waals surface area (Å²) in [6, 6.07) is 1.05. The summed E-state index contributed by atoms with van der Waals surface area (Å²) in [4.78, 5) is 2.57. The largest absolute Gasteiger partial charge is 0.312 e. The summed E-state index contributed by atoms with van der Waals surface area (Å²) in [6.07, 6.45) is 0. The summed E-state index contributed by atoms with van der Waals surface area (Å²) in [5.41, 5.74) is 3.94. The maximum Gasteiger partial charge on any atom is 0.0644 e. The topological polar surface area (TPSA) is 33.1 Å². The van der Waals surface area contributed by atoms with Crippen LogP contribution in [0.4, 0.5) is 0 Å². The Kier molecular flexibility index (Phi) is 4.07. The number of nitrogens with one attached hydrogen (secondary N) is 1. The van der Waals surface area contributed by atoms with Gasteiger partial charge in [0.2, 0.25) is 0 Å². The third-order valence-electron chi connectivity index (χ3n) is 4.10. The molecule has 1 saturated heterocycles. The van der Waals surface area contributed by atoms with Crippen LogP contribution >= 0.6 is 0 Å². The molecule has 2 atom stereocenters. The minimum Gasteiger partial charge on any atom is -0.312 e. The lowest BCUT2D eigenvalue weighted by atomic mass is 10.0. The van der Waals surface area contributed by atoms with Gasteiger partial charge in [0.15, 0.2) is 0 Å². The van der Waals surface area contributed by atoms with Crippen LogP contribution in [0, 0.1) is 13.8 Å². The molecule has 4 heteroatoms. The molecule has 1 N–H and O–H groups in total. The summed E-state index contributed by atoms with van der Waals surface area (Å²) in [5, 5.41) is 8.14. The second-order valence-electron chi connectivity index (χ2n) is 5.43. The van der Waals surface area contributed by atoms with Crippen LogP contribution in [-0.2, 0) is 6.54 Å². The summed E-state index contributed by atoms with van der Waals surface area (Å²) in [6.45, 7) is 15.4. The molecule has 1 fully saturated rings. The number of nitrogens with zero attached hydrogens (tertiary/aromatic N) is 3. The molecule has 1 aromatic heterocycles. The molecular formula is C14H26N4.